The molecule has 0 aliphatic carbocycles. The van der Waals surface area contributed by atoms with Crippen LogP contribution in [0.3, 0.4) is 0 Å². The summed E-state index contributed by atoms with van der Waals surface area (Å²) in [5.74, 6) is 2.07. The van der Waals surface area contributed by atoms with Gasteiger partial charge in [-0.15, -0.1) is 0 Å². The van der Waals surface area contributed by atoms with Crippen molar-refractivity contribution in [1.29, 1.82) is 0 Å². The second-order valence-corrected chi connectivity index (χ2v) is 5.58. The molecule has 0 aliphatic rings. The summed E-state index contributed by atoms with van der Waals surface area (Å²) in [4.78, 5) is 16.0. The van der Waals surface area contributed by atoms with Gasteiger partial charge in [-0.05, 0) is 48.9 Å². The van der Waals surface area contributed by atoms with Crippen molar-refractivity contribution < 1.29 is 14.3 Å². The molecule has 1 heterocycles. The fraction of sp³-hybridized carbons (Fsp3) is 0.143. The second-order valence-electron chi connectivity index (χ2n) is 5.58. The van der Waals surface area contributed by atoms with E-state index in [4.69, 9.17) is 9.47 Å². The van der Waals surface area contributed by atoms with Crippen LogP contribution in [0.4, 0.5) is 0 Å². The van der Waals surface area contributed by atoms with Gasteiger partial charge in [0.1, 0.15) is 17.2 Å². The van der Waals surface area contributed by atoms with Crippen LogP contribution in [-0.2, 0) is 6.54 Å². The number of carbonyl (C=O) groups is 1. The molecule has 1 N–H and O–H groups in total. The van der Waals surface area contributed by atoms with Crippen molar-refractivity contribution in [1.82, 2.24) is 10.3 Å². The van der Waals surface area contributed by atoms with Crippen molar-refractivity contribution in [3.05, 3.63) is 84.2 Å². The quantitative estimate of drug-likeness (QED) is 0.695. The number of aromatic nitrogens is 1. The first-order valence-corrected chi connectivity index (χ1v) is 8.42. The molecular formula is C21H20N2O3. The average Bonchev–Trinajstić information content (AvgIpc) is 2.68. The number of hydrogen-bond donors (Lipinski definition) is 1. The van der Waals surface area contributed by atoms with E-state index in [2.05, 4.69) is 10.3 Å². The molecule has 1 aromatic heterocycles. The number of hydrogen-bond acceptors (Lipinski definition) is 4. The van der Waals surface area contributed by atoms with Gasteiger partial charge in [-0.1, -0.05) is 18.2 Å². The number of amides is 1. The van der Waals surface area contributed by atoms with Gasteiger partial charge in [0.05, 0.1) is 12.2 Å². The summed E-state index contributed by atoms with van der Waals surface area (Å²) in [7, 11) is 0. The molecule has 5 nitrogen and oxygen atoms in total. The molecule has 1 amide bonds. The van der Waals surface area contributed by atoms with Crippen molar-refractivity contribution >= 4 is 5.91 Å². The summed E-state index contributed by atoms with van der Waals surface area (Å²) in [6.45, 7) is 3.00. The molecule has 26 heavy (non-hydrogen) atoms. The monoisotopic (exact) mass is 348 g/mol. The summed E-state index contributed by atoms with van der Waals surface area (Å²) >= 11 is 0. The fourth-order valence-corrected chi connectivity index (χ4v) is 2.39. The van der Waals surface area contributed by atoms with Crippen molar-refractivity contribution in [3.63, 3.8) is 0 Å². The summed E-state index contributed by atoms with van der Waals surface area (Å²) in [5.41, 5.74) is 1.53. The first-order chi connectivity index (χ1) is 12.7. The molecule has 0 saturated heterocycles. The molecule has 0 aliphatic heterocycles. The lowest BCUT2D eigenvalue weighted by Gasteiger charge is -2.09. The van der Waals surface area contributed by atoms with Crippen molar-refractivity contribution in [2.45, 2.75) is 13.5 Å². The molecule has 0 unspecified atom stereocenters. The minimum absolute atomic E-state index is 0.147. The molecule has 0 bridgehead atoms. The van der Waals surface area contributed by atoms with Crippen molar-refractivity contribution in [2.24, 2.45) is 0 Å². The standard InChI is InChI=1S/C21H20N2O3/c1-2-25-19-6-3-7-20(13-19)26-18-10-8-16(9-11-18)14-23-21(24)17-5-4-12-22-15-17/h3-13,15H,2,14H2,1H3,(H,23,24). The highest BCUT2D eigenvalue weighted by Crippen LogP contribution is 2.25. The summed E-state index contributed by atoms with van der Waals surface area (Å²) in [6, 6.07) is 18.6. The molecule has 0 radical (unpaired) electrons. The van der Waals surface area contributed by atoms with Gasteiger partial charge >= 0.3 is 0 Å². The highest BCUT2D eigenvalue weighted by molar-refractivity contribution is 5.93. The number of nitrogens with one attached hydrogen (secondary N) is 1. The van der Waals surface area contributed by atoms with Gasteiger partial charge in [0.25, 0.3) is 5.91 Å². The van der Waals surface area contributed by atoms with E-state index in [0.29, 0.717) is 24.5 Å². The molecule has 132 valence electrons. The fourth-order valence-electron chi connectivity index (χ4n) is 2.39. The Kier molecular flexibility index (Phi) is 5.83. The van der Waals surface area contributed by atoms with Crippen LogP contribution in [0.1, 0.15) is 22.8 Å². The molecule has 5 heteroatoms. The SMILES string of the molecule is CCOc1cccc(Oc2ccc(CNC(=O)c3cccnc3)cc2)c1. The zero-order valence-corrected chi connectivity index (χ0v) is 14.5. The van der Waals surface area contributed by atoms with Gasteiger partial charge in [0, 0.05) is 25.0 Å². The summed E-state index contributed by atoms with van der Waals surface area (Å²) in [6.07, 6.45) is 3.18. The van der Waals surface area contributed by atoms with Crippen molar-refractivity contribution in [2.75, 3.05) is 6.61 Å². The third kappa shape index (κ3) is 4.83. The molecule has 0 fully saturated rings. The van der Waals surface area contributed by atoms with Gasteiger partial charge in [-0.2, -0.15) is 0 Å². The molecule has 0 saturated carbocycles. The molecule has 0 atom stereocenters. The van der Waals surface area contributed by atoms with Crippen LogP contribution in [0.25, 0.3) is 0 Å². The van der Waals surface area contributed by atoms with Crippen LogP contribution in [0.2, 0.25) is 0 Å². The Balaban J connectivity index is 1.56. The summed E-state index contributed by atoms with van der Waals surface area (Å²) in [5, 5.41) is 2.87. The van der Waals surface area contributed by atoms with Gasteiger partial charge < -0.3 is 14.8 Å². The van der Waals surface area contributed by atoms with E-state index < -0.39 is 0 Å². The third-order valence-electron chi connectivity index (χ3n) is 3.65. The third-order valence-corrected chi connectivity index (χ3v) is 3.65. The van der Waals surface area contributed by atoms with E-state index in [9.17, 15) is 4.79 Å². The Morgan fingerprint density at radius 2 is 1.81 bits per heavy atom. The lowest BCUT2D eigenvalue weighted by atomic mass is 10.2. The maximum atomic E-state index is 12.0. The highest BCUT2D eigenvalue weighted by Gasteiger charge is 2.05. The molecule has 0 spiro atoms. The minimum Gasteiger partial charge on any atom is -0.494 e. The highest BCUT2D eigenvalue weighted by atomic mass is 16.5. The van der Waals surface area contributed by atoms with E-state index in [1.54, 1.807) is 24.5 Å². The topological polar surface area (TPSA) is 60.5 Å². The maximum Gasteiger partial charge on any atom is 0.253 e. The van der Waals surface area contributed by atoms with E-state index >= 15 is 0 Å². The lowest BCUT2D eigenvalue weighted by molar-refractivity contribution is 0.0950. The Bertz CT molecular complexity index is 849. The van der Waals surface area contributed by atoms with Crippen LogP contribution in [0.15, 0.2) is 73.1 Å². The van der Waals surface area contributed by atoms with E-state index in [1.807, 2.05) is 55.5 Å². The van der Waals surface area contributed by atoms with Crippen LogP contribution in [0, 0.1) is 0 Å². The Morgan fingerprint density at radius 1 is 1.00 bits per heavy atom. The van der Waals surface area contributed by atoms with Crippen molar-refractivity contribution in [3.8, 4) is 17.2 Å². The molecular weight excluding hydrogens is 328 g/mol. The van der Waals surface area contributed by atoms with Crippen LogP contribution >= 0.6 is 0 Å². The molecule has 3 rings (SSSR count). The number of nitrogens with zero attached hydrogens (tertiary/aromatic N) is 1. The normalized spacial score (nSPS) is 10.2. The van der Waals surface area contributed by atoms with Gasteiger partial charge in [-0.3, -0.25) is 9.78 Å². The number of pyridine rings is 1. The molecule has 3 aromatic rings. The Hall–Kier alpha value is -3.34. The predicted octanol–water partition coefficient (Wildman–Crippen LogP) is 4.20. The van der Waals surface area contributed by atoms with Gasteiger partial charge in [-0.25, -0.2) is 0 Å². The summed E-state index contributed by atoms with van der Waals surface area (Å²) < 4.78 is 11.3. The smallest absolute Gasteiger partial charge is 0.253 e. The Labute approximate surface area is 152 Å². The number of carbonyl (C=O) groups excluding carboxylic acids is 1. The van der Waals surface area contributed by atoms with Crippen LogP contribution in [0.5, 0.6) is 17.2 Å². The number of benzene rings is 2. The average molecular weight is 348 g/mol. The van der Waals surface area contributed by atoms with Gasteiger partial charge in [0.15, 0.2) is 0 Å². The zero-order chi connectivity index (χ0) is 18.2. The van der Waals surface area contributed by atoms with E-state index in [0.717, 1.165) is 17.1 Å². The first kappa shape index (κ1) is 17.5. The Morgan fingerprint density at radius 3 is 2.54 bits per heavy atom. The first-order valence-electron chi connectivity index (χ1n) is 8.42. The largest absolute Gasteiger partial charge is 0.494 e. The van der Waals surface area contributed by atoms with Gasteiger partial charge in [0.2, 0.25) is 0 Å². The maximum absolute atomic E-state index is 12.0. The molecule has 2 aromatic carbocycles. The lowest BCUT2D eigenvalue weighted by Crippen LogP contribution is -2.22. The number of ether oxygens (including phenoxy) is 2. The van der Waals surface area contributed by atoms with E-state index in [1.165, 1.54) is 0 Å². The number of rotatable bonds is 7. The minimum atomic E-state index is -0.147. The second kappa shape index (κ2) is 8.67. The van der Waals surface area contributed by atoms with E-state index in [-0.39, 0.29) is 5.91 Å². The van der Waals surface area contributed by atoms with Crippen LogP contribution in [-0.4, -0.2) is 17.5 Å². The zero-order valence-electron chi connectivity index (χ0n) is 14.5. The predicted molar refractivity (Wildman–Crippen MR) is 99.5 cm³/mol. The van der Waals surface area contributed by atoms with Crippen LogP contribution < -0.4 is 14.8 Å².